The number of piperidine rings is 1. The van der Waals surface area contributed by atoms with Crippen molar-refractivity contribution >= 4 is 21.6 Å². The van der Waals surface area contributed by atoms with Crippen molar-refractivity contribution in [2.75, 3.05) is 31.1 Å². The van der Waals surface area contributed by atoms with E-state index >= 15 is 0 Å². The Kier molecular flexibility index (Phi) is 5.69. The van der Waals surface area contributed by atoms with Gasteiger partial charge in [-0.2, -0.15) is 17.5 Å². The maximum atomic E-state index is 13.1. The number of benzene rings is 2. The number of fused-ring (bicyclic) bond motifs is 1. The molecule has 2 fully saturated rings. The summed E-state index contributed by atoms with van der Waals surface area (Å²) in [6.07, 6.45) is -3.78. The van der Waals surface area contributed by atoms with E-state index in [1.54, 1.807) is 23.1 Å². The van der Waals surface area contributed by atoms with Crippen LogP contribution in [0, 0.1) is 11.8 Å². The first-order valence-corrected chi connectivity index (χ1v) is 11.3. The lowest BCUT2D eigenvalue weighted by molar-refractivity contribution is -0.153. The molecule has 10 heteroatoms. The SMILES string of the molecule is O=C1C2CN(S(=O)(=O)c3ccccc3)CC2CCN1c1ccc(OCC(F)(F)F)cc1. The predicted octanol–water partition coefficient (Wildman–Crippen LogP) is 3.30. The van der Waals surface area contributed by atoms with Crippen LogP contribution in [0.1, 0.15) is 6.42 Å². The summed E-state index contributed by atoms with van der Waals surface area (Å²) in [6.45, 7) is -0.553. The highest BCUT2D eigenvalue weighted by Crippen LogP contribution is 2.37. The molecule has 2 atom stereocenters. The van der Waals surface area contributed by atoms with Crippen LogP contribution >= 0.6 is 0 Å². The molecule has 166 valence electrons. The zero-order valence-electron chi connectivity index (χ0n) is 16.5. The van der Waals surface area contributed by atoms with Crippen molar-refractivity contribution in [2.45, 2.75) is 17.5 Å². The van der Waals surface area contributed by atoms with Crippen molar-refractivity contribution in [3.05, 3.63) is 54.6 Å². The number of alkyl halides is 3. The zero-order chi connectivity index (χ0) is 22.2. The minimum absolute atomic E-state index is 0.0587. The molecule has 0 N–H and O–H groups in total. The molecule has 2 unspecified atom stereocenters. The second-order valence-corrected chi connectivity index (χ2v) is 9.62. The summed E-state index contributed by atoms with van der Waals surface area (Å²) in [5.41, 5.74) is 0.548. The molecule has 31 heavy (non-hydrogen) atoms. The number of hydrogen-bond acceptors (Lipinski definition) is 4. The van der Waals surface area contributed by atoms with E-state index in [9.17, 15) is 26.4 Å². The third-order valence-corrected chi connectivity index (χ3v) is 7.49. The first-order chi connectivity index (χ1) is 14.6. The normalized spacial score (nSPS) is 22.4. The van der Waals surface area contributed by atoms with Crippen LogP contribution in [-0.2, 0) is 14.8 Å². The van der Waals surface area contributed by atoms with Gasteiger partial charge >= 0.3 is 6.18 Å². The molecule has 0 radical (unpaired) electrons. The molecule has 2 heterocycles. The summed E-state index contributed by atoms with van der Waals surface area (Å²) >= 11 is 0. The highest BCUT2D eigenvalue weighted by Gasteiger charge is 2.46. The molecular weight excluding hydrogens is 433 g/mol. The van der Waals surface area contributed by atoms with Gasteiger partial charge in [-0.25, -0.2) is 8.42 Å². The van der Waals surface area contributed by atoms with Crippen molar-refractivity contribution in [1.29, 1.82) is 0 Å². The molecule has 1 amide bonds. The van der Waals surface area contributed by atoms with E-state index in [0.29, 0.717) is 25.2 Å². The number of anilines is 1. The predicted molar refractivity (Wildman–Crippen MR) is 107 cm³/mol. The van der Waals surface area contributed by atoms with Crippen LogP contribution in [0.3, 0.4) is 0 Å². The monoisotopic (exact) mass is 454 g/mol. The number of hydrogen-bond donors (Lipinski definition) is 0. The van der Waals surface area contributed by atoms with E-state index in [1.807, 2.05) is 0 Å². The number of carbonyl (C=O) groups is 1. The third kappa shape index (κ3) is 4.54. The van der Waals surface area contributed by atoms with Gasteiger partial charge < -0.3 is 9.64 Å². The Morgan fingerprint density at radius 1 is 1.00 bits per heavy atom. The minimum atomic E-state index is -4.43. The summed E-state index contributed by atoms with van der Waals surface area (Å²) in [7, 11) is -3.67. The molecule has 2 aromatic carbocycles. The largest absolute Gasteiger partial charge is 0.484 e. The number of rotatable bonds is 5. The number of halogens is 3. The molecule has 2 aliphatic heterocycles. The number of sulfonamides is 1. The van der Waals surface area contributed by atoms with Crippen LogP contribution < -0.4 is 9.64 Å². The number of nitrogens with zero attached hydrogens (tertiary/aromatic N) is 2. The smallest absolute Gasteiger partial charge is 0.422 e. The maximum absolute atomic E-state index is 13.1. The van der Waals surface area contributed by atoms with E-state index in [2.05, 4.69) is 0 Å². The molecule has 6 nitrogen and oxygen atoms in total. The topological polar surface area (TPSA) is 66.9 Å². The molecule has 0 aromatic heterocycles. The Morgan fingerprint density at radius 3 is 2.32 bits per heavy atom. The van der Waals surface area contributed by atoms with Crippen LogP contribution in [0.4, 0.5) is 18.9 Å². The summed E-state index contributed by atoms with van der Waals surface area (Å²) < 4.78 is 68.8. The van der Waals surface area contributed by atoms with Crippen molar-refractivity contribution in [3.8, 4) is 5.75 Å². The van der Waals surface area contributed by atoms with Crippen molar-refractivity contribution in [3.63, 3.8) is 0 Å². The lowest BCUT2D eigenvalue weighted by Gasteiger charge is -2.33. The molecule has 0 aliphatic carbocycles. The molecule has 2 aliphatic rings. The Bertz CT molecular complexity index is 1040. The molecule has 0 spiro atoms. The van der Waals surface area contributed by atoms with Crippen LogP contribution in [0.25, 0.3) is 0 Å². The van der Waals surface area contributed by atoms with Gasteiger partial charge in [-0.3, -0.25) is 4.79 Å². The van der Waals surface area contributed by atoms with Crippen LogP contribution in [-0.4, -0.2) is 51.0 Å². The van der Waals surface area contributed by atoms with Crippen LogP contribution in [0.15, 0.2) is 59.5 Å². The van der Waals surface area contributed by atoms with Crippen molar-refractivity contribution < 1.29 is 31.1 Å². The van der Waals surface area contributed by atoms with Gasteiger partial charge in [-0.15, -0.1) is 0 Å². The Balaban J connectivity index is 1.45. The van der Waals surface area contributed by atoms with Gasteiger partial charge in [0.25, 0.3) is 0 Å². The van der Waals surface area contributed by atoms with E-state index in [-0.39, 0.29) is 29.0 Å². The number of amides is 1. The third-order valence-electron chi connectivity index (χ3n) is 5.65. The Hall–Kier alpha value is -2.59. The lowest BCUT2D eigenvalue weighted by atomic mass is 9.87. The van der Waals surface area contributed by atoms with Gasteiger partial charge in [0.2, 0.25) is 15.9 Å². The summed E-state index contributed by atoms with van der Waals surface area (Å²) in [6, 6.07) is 14.0. The van der Waals surface area contributed by atoms with Crippen molar-refractivity contribution in [2.24, 2.45) is 11.8 Å². The molecule has 0 bridgehead atoms. The molecule has 2 aromatic rings. The van der Waals surface area contributed by atoms with Gasteiger partial charge in [0.15, 0.2) is 6.61 Å². The van der Waals surface area contributed by atoms with Crippen molar-refractivity contribution in [1.82, 2.24) is 4.31 Å². The first kappa shape index (κ1) is 21.6. The van der Waals surface area contributed by atoms with Gasteiger partial charge in [-0.1, -0.05) is 18.2 Å². The van der Waals surface area contributed by atoms with E-state index in [0.717, 1.165) is 0 Å². The van der Waals surface area contributed by atoms with Gasteiger partial charge in [0, 0.05) is 25.3 Å². The average Bonchev–Trinajstić information content (AvgIpc) is 3.19. The molecule has 0 saturated carbocycles. The fourth-order valence-electron chi connectivity index (χ4n) is 4.09. The Morgan fingerprint density at radius 2 is 1.68 bits per heavy atom. The quantitative estimate of drug-likeness (QED) is 0.696. The minimum Gasteiger partial charge on any atom is -0.484 e. The number of carbonyl (C=O) groups excluding carboxylic acids is 1. The second kappa shape index (κ2) is 8.16. The van der Waals surface area contributed by atoms with E-state index in [1.165, 1.54) is 40.7 Å². The highest BCUT2D eigenvalue weighted by molar-refractivity contribution is 7.89. The van der Waals surface area contributed by atoms with Crippen LogP contribution in [0.5, 0.6) is 5.75 Å². The van der Waals surface area contributed by atoms with E-state index < -0.39 is 28.7 Å². The zero-order valence-corrected chi connectivity index (χ0v) is 17.3. The molecule has 2 saturated heterocycles. The maximum Gasteiger partial charge on any atom is 0.422 e. The highest BCUT2D eigenvalue weighted by atomic mass is 32.2. The first-order valence-electron chi connectivity index (χ1n) is 9.81. The average molecular weight is 454 g/mol. The van der Waals surface area contributed by atoms with Gasteiger partial charge in [0.05, 0.1) is 10.8 Å². The fourth-order valence-corrected chi connectivity index (χ4v) is 5.63. The second-order valence-electron chi connectivity index (χ2n) is 7.68. The summed E-state index contributed by atoms with van der Waals surface area (Å²) in [5, 5.41) is 0. The lowest BCUT2D eigenvalue weighted by Crippen LogP contribution is -2.45. The molecular formula is C21H21F3N2O4S. The summed E-state index contributed by atoms with van der Waals surface area (Å²) in [4.78, 5) is 14.8. The fraction of sp³-hybridized carbons (Fsp3) is 0.381. The summed E-state index contributed by atoms with van der Waals surface area (Å²) in [5.74, 6) is -0.625. The van der Waals surface area contributed by atoms with Gasteiger partial charge in [0.1, 0.15) is 5.75 Å². The van der Waals surface area contributed by atoms with Crippen LogP contribution in [0.2, 0.25) is 0 Å². The standard InChI is InChI=1S/C21H21F3N2O4S/c22-21(23,24)14-30-17-8-6-16(7-9-17)26-11-10-15-12-25(13-19(15)20(26)27)31(28,29)18-4-2-1-3-5-18/h1-9,15,19H,10-14H2. The van der Waals surface area contributed by atoms with E-state index in [4.69, 9.17) is 4.74 Å². The van der Waals surface area contributed by atoms with Gasteiger partial charge in [-0.05, 0) is 48.7 Å². The number of ether oxygens (including phenoxy) is 1. The Labute approximate surface area is 178 Å². The molecule has 4 rings (SSSR count).